The first-order valence-electron chi connectivity index (χ1n) is 6.69. The van der Waals surface area contributed by atoms with Crippen molar-refractivity contribution in [1.82, 2.24) is 10.7 Å². The van der Waals surface area contributed by atoms with Crippen LogP contribution in [0.1, 0.15) is 18.4 Å². The van der Waals surface area contributed by atoms with Gasteiger partial charge in [-0.3, -0.25) is 9.59 Å². The maximum Gasteiger partial charge on any atom is 0.355 e. The summed E-state index contributed by atoms with van der Waals surface area (Å²) >= 11 is 11.8. The molecule has 0 aliphatic carbocycles. The SMILES string of the molecule is O=C(COC(=O)C1=NNC(=O)CC1)NCc1ccc(Cl)cc1Cl. The zero-order valence-corrected chi connectivity index (χ0v) is 13.4. The Morgan fingerprint density at radius 3 is 2.74 bits per heavy atom. The molecule has 0 spiro atoms. The highest BCUT2D eigenvalue weighted by molar-refractivity contribution is 6.37. The number of nitrogens with zero attached hydrogens (tertiary/aromatic N) is 1. The molecule has 0 aromatic heterocycles. The van der Waals surface area contributed by atoms with E-state index in [2.05, 4.69) is 15.8 Å². The van der Waals surface area contributed by atoms with Crippen LogP contribution in [0.15, 0.2) is 23.3 Å². The van der Waals surface area contributed by atoms with Crippen LogP contribution in [0.25, 0.3) is 0 Å². The summed E-state index contributed by atoms with van der Waals surface area (Å²) in [5.41, 5.74) is 2.95. The van der Waals surface area contributed by atoms with E-state index in [1.807, 2.05) is 0 Å². The number of hydrazone groups is 1. The standard InChI is InChI=1S/C14H13Cl2N3O4/c15-9-2-1-8(10(16)5-9)6-17-13(21)7-23-14(22)11-3-4-12(20)19-18-11/h1-2,5H,3-4,6-7H2,(H,17,21)(H,19,20). The van der Waals surface area contributed by atoms with Gasteiger partial charge in [-0.1, -0.05) is 29.3 Å². The van der Waals surface area contributed by atoms with Crippen LogP contribution in [0.3, 0.4) is 0 Å². The second-order valence-electron chi connectivity index (χ2n) is 4.68. The highest BCUT2D eigenvalue weighted by Crippen LogP contribution is 2.20. The molecule has 122 valence electrons. The van der Waals surface area contributed by atoms with E-state index < -0.39 is 18.5 Å². The van der Waals surface area contributed by atoms with Crippen molar-refractivity contribution in [2.24, 2.45) is 5.10 Å². The lowest BCUT2D eigenvalue weighted by molar-refractivity contribution is -0.142. The van der Waals surface area contributed by atoms with Gasteiger partial charge in [-0.25, -0.2) is 10.2 Å². The third kappa shape index (κ3) is 5.22. The lowest BCUT2D eigenvalue weighted by Gasteiger charge is -2.11. The second kappa shape index (κ2) is 7.94. The number of carbonyl (C=O) groups excluding carboxylic acids is 3. The van der Waals surface area contributed by atoms with E-state index >= 15 is 0 Å². The average Bonchev–Trinajstić information content (AvgIpc) is 2.52. The molecule has 2 amide bonds. The predicted molar refractivity (Wildman–Crippen MR) is 84.1 cm³/mol. The van der Waals surface area contributed by atoms with Gasteiger partial charge in [0, 0.05) is 29.4 Å². The molecule has 23 heavy (non-hydrogen) atoms. The topological polar surface area (TPSA) is 96.9 Å². The molecular formula is C14H13Cl2N3O4. The minimum atomic E-state index is -0.732. The molecule has 0 bridgehead atoms. The molecular weight excluding hydrogens is 345 g/mol. The van der Waals surface area contributed by atoms with E-state index in [9.17, 15) is 14.4 Å². The number of benzene rings is 1. The number of hydrogen-bond donors (Lipinski definition) is 2. The number of halogens is 2. The maximum absolute atomic E-state index is 11.7. The number of hydrogen-bond acceptors (Lipinski definition) is 5. The number of esters is 1. The third-order valence-corrected chi connectivity index (χ3v) is 3.55. The fraction of sp³-hybridized carbons (Fsp3) is 0.286. The smallest absolute Gasteiger partial charge is 0.355 e. The van der Waals surface area contributed by atoms with Crippen molar-refractivity contribution < 1.29 is 19.1 Å². The first-order chi connectivity index (χ1) is 11.0. The minimum absolute atomic E-state index is 0.0816. The van der Waals surface area contributed by atoms with Gasteiger partial charge in [0.15, 0.2) is 6.61 Å². The molecule has 1 aliphatic rings. The molecule has 2 rings (SSSR count). The fourth-order valence-electron chi connectivity index (χ4n) is 1.75. The lowest BCUT2D eigenvalue weighted by atomic mass is 10.2. The summed E-state index contributed by atoms with van der Waals surface area (Å²) in [4.78, 5) is 34.2. The molecule has 0 radical (unpaired) electrons. The van der Waals surface area contributed by atoms with Crippen molar-refractivity contribution in [3.63, 3.8) is 0 Å². The van der Waals surface area contributed by atoms with Gasteiger partial charge in [0.1, 0.15) is 5.71 Å². The van der Waals surface area contributed by atoms with Crippen LogP contribution in [-0.4, -0.2) is 30.1 Å². The summed E-state index contributed by atoms with van der Waals surface area (Å²) in [6, 6.07) is 4.92. The van der Waals surface area contributed by atoms with Crippen LogP contribution in [0.2, 0.25) is 10.0 Å². The van der Waals surface area contributed by atoms with Gasteiger partial charge in [-0.2, -0.15) is 5.10 Å². The fourth-order valence-corrected chi connectivity index (χ4v) is 2.22. The van der Waals surface area contributed by atoms with E-state index in [-0.39, 0.29) is 31.0 Å². The summed E-state index contributed by atoms with van der Waals surface area (Å²) in [5.74, 6) is -1.48. The molecule has 2 N–H and O–H groups in total. The van der Waals surface area contributed by atoms with Gasteiger partial charge in [0.25, 0.3) is 5.91 Å². The van der Waals surface area contributed by atoms with E-state index in [0.29, 0.717) is 15.6 Å². The minimum Gasteiger partial charge on any atom is -0.451 e. The Morgan fingerprint density at radius 2 is 2.09 bits per heavy atom. The number of ether oxygens (including phenoxy) is 1. The van der Waals surface area contributed by atoms with Gasteiger partial charge in [0.05, 0.1) is 0 Å². The Bertz CT molecular complexity index is 676. The summed E-state index contributed by atoms with van der Waals surface area (Å²) < 4.78 is 4.83. The Balaban J connectivity index is 1.77. The first kappa shape index (κ1) is 17.2. The molecule has 0 fully saturated rings. The van der Waals surface area contributed by atoms with E-state index in [4.69, 9.17) is 27.9 Å². The van der Waals surface area contributed by atoms with Gasteiger partial charge in [-0.05, 0) is 17.7 Å². The van der Waals surface area contributed by atoms with E-state index in [0.717, 1.165) is 0 Å². The zero-order valence-electron chi connectivity index (χ0n) is 11.9. The number of rotatable bonds is 5. The summed E-state index contributed by atoms with van der Waals surface area (Å²) in [7, 11) is 0. The molecule has 0 saturated heterocycles. The van der Waals surface area contributed by atoms with Crippen molar-refractivity contribution in [1.29, 1.82) is 0 Å². The Labute approximate surface area is 142 Å². The highest BCUT2D eigenvalue weighted by atomic mass is 35.5. The molecule has 7 nitrogen and oxygen atoms in total. The van der Waals surface area contributed by atoms with Crippen LogP contribution in [0.4, 0.5) is 0 Å². The monoisotopic (exact) mass is 357 g/mol. The van der Waals surface area contributed by atoms with Gasteiger partial charge >= 0.3 is 5.97 Å². The molecule has 9 heteroatoms. The quantitative estimate of drug-likeness (QED) is 0.778. The molecule has 1 heterocycles. The maximum atomic E-state index is 11.7. The highest BCUT2D eigenvalue weighted by Gasteiger charge is 2.20. The van der Waals surface area contributed by atoms with Crippen molar-refractivity contribution in [2.75, 3.05) is 6.61 Å². The Morgan fingerprint density at radius 1 is 1.30 bits per heavy atom. The van der Waals surface area contributed by atoms with E-state index in [1.54, 1.807) is 18.2 Å². The normalized spacial score (nSPS) is 13.8. The third-order valence-electron chi connectivity index (χ3n) is 2.97. The summed E-state index contributed by atoms with van der Waals surface area (Å²) in [5, 5.41) is 7.09. The first-order valence-corrected chi connectivity index (χ1v) is 7.44. The Kier molecular flexibility index (Phi) is 5.95. The summed E-state index contributed by atoms with van der Waals surface area (Å²) in [6.07, 6.45) is 0.349. The molecule has 0 unspecified atom stereocenters. The van der Waals surface area contributed by atoms with Crippen molar-refractivity contribution >= 4 is 46.7 Å². The average molecular weight is 358 g/mol. The van der Waals surface area contributed by atoms with Crippen molar-refractivity contribution in [3.8, 4) is 0 Å². The van der Waals surface area contributed by atoms with Crippen LogP contribution < -0.4 is 10.7 Å². The molecule has 0 atom stereocenters. The number of carbonyl (C=O) groups is 3. The van der Waals surface area contributed by atoms with Crippen LogP contribution >= 0.6 is 23.2 Å². The molecule has 1 aromatic carbocycles. The number of nitrogens with one attached hydrogen (secondary N) is 2. The zero-order chi connectivity index (χ0) is 16.8. The number of amides is 2. The van der Waals surface area contributed by atoms with Gasteiger partial charge < -0.3 is 10.1 Å². The Hall–Kier alpha value is -2.12. The van der Waals surface area contributed by atoms with E-state index in [1.165, 1.54) is 0 Å². The largest absolute Gasteiger partial charge is 0.451 e. The second-order valence-corrected chi connectivity index (χ2v) is 5.53. The molecule has 0 saturated carbocycles. The van der Waals surface area contributed by atoms with Crippen LogP contribution in [0, 0.1) is 0 Å². The van der Waals surface area contributed by atoms with Crippen LogP contribution in [0.5, 0.6) is 0 Å². The van der Waals surface area contributed by atoms with Crippen molar-refractivity contribution in [2.45, 2.75) is 19.4 Å². The van der Waals surface area contributed by atoms with Crippen LogP contribution in [-0.2, 0) is 25.7 Å². The van der Waals surface area contributed by atoms with Crippen molar-refractivity contribution in [3.05, 3.63) is 33.8 Å². The summed E-state index contributed by atoms with van der Waals surface area (Å²) in [6.45, 7) is -0.263. The molecule has 1 aliphatic heterocycles. The van der Waals surface area contributed by atoms with Gasteiger partial charge in [0.2, 0.25) is 5.91 Å². The van der Waals surface area contributed by atoms with Gasteiger partial charge in [-0.15, -0.1) is 0 Å². The molecule has 1 aromatic rings. The lowest BCUT2D eigenvalue weighted by Crippen LogP contribution is -2.33. The predicted octanol–water partition coefficient (Wildman–Crippen LogP) is 1.42.